The zero-order valence-electron chi connectivity index (χ0n) is 12.3. The van der Waals surface area contributed by atoms with Crippen LogP contribution in [0.2, 0.25) is 0 Å². The Morgan fingerprint density at radius 2 is 2.10 bits per heavy atom. The topological polar surface area (TPSA) is 55.6 Å². The number of para-hydroxylation sites is 1. The number of nitrogens with zero attached hydrogens (tertiary/aromatic N) is 4. The first kappa shape index (κ1) is 13.7. The predicted molar refractivity (Wildman–Crippen MR) is 82.9 cm³/mol. The number of benzene rings is 1. The molecule has 0 fully saturated rings. The van der Waals surface area contributed by atoms with Crippen LogP contribution in [0, 0.1) is 0 Å². The summed E-state index contributed by atoms with van der Waals surface area (Å²) in [6.07, 6.45) is 8.39. The Labute approximate surface area is 124 Å². The van der Waals surface area contributed by atoms with Gasteiger partial charge in [-0.15, -0.1) is 0 Å². The summed E-state index contributed by atoms with van der Waals surface area (Å²) in [4.78, 5) is 8.87. The molecule has 2 aromatic heterocycles. The van der Waals surface area contributed by atoms with Crippen molar-refractivity contribution in [1.82, 2.24) is 25.1 Å². The smallest absolute Gasteiger partial charge is 0.0934 e. The van der Waals surface area contributed by atoms with E-state index in [9.17, 15) is 0 Å². The summed E-state index contributed by atoms with van der Waals surface area (Å²) in [5, 5.41) is 7.72. The average molecular weight is 281 g/mol. The molecule has 5 heteroatoms. The standard InChI is InChI=1S/C16H19N5/c1-3-21-11-12(10-20-21)9-15(17-2)13-5-4-6-14-16(13)19-8-7-18-14/h4-8,10-11,15,17H,3,9H2,1-2H3. The minimum Gasteiger partial charge on any atom is -0.313 e. The molecule has 1 N–H and O–H groups in total. The summed E-state index contributed by atoms with van der Waals surface area (Å²) in [5.74, 6) is 0. The Kier molecular flexibility index (Phi) is 3.92. The number of fused-ring (bicyclic) bond motifs is 1. The van der Waals surface area contributed by atoms with Crippen LogP contribution in [0.1, 0.15) is 24.1 Å². The molecule has 0 aliphatic rings. The van der Waals surface area contributed by atoms with Gasteiger partial charge >= 0.3 is 0 Å². The van der Waals surface area contributed by atoms with E-state index in [1.807, 2.05) is 30.1 Å². The van der Waals surface area contributed by atoms with Gasteiger partial charge in [0, 0.05) is 31.2 Å². The number of aryl methyl sites for hydroxylation is 1. The molecule has 0 saturated heterocycles. The van der Waals surface area contributed by atoms with Crippen LogP contribution in [0.3, 0.4) is 0 Å². The quantitative estimate of drug-likeness (QED) is 0.780. The van der Waals surface area contributed by atoms with Gasteiger partial charge in [0.05, 0.1) is 17.2 Å². The van der Waals surface area contributed by atoms with E-state index >= 15 is 0 Å². The minimum atomic E-state index is 0.194. The van der Waals surface area contributed by atoms with E-state index in [1.54, 1.807) is 12.4 Å². The van der Waals surface area contributed by atoms with Crippen molar-refractivity contribution in [2.75, 3.05) is 7.05 Å². The molecule has 2 heterocycles. The van der Waals surface area contributed by atoms with Crippen LogP contribution < -0.4 is 5.32 Å². The van der Waals surface area contributed by atoms with Crippen LogP contribution in [-0.2, 0) is 13.0 Å². The van der Waals surface area contributed by atoms with E-state index in [0.29, 0.717) is 0 Å². The van der Waals surface area contributed by atoms with Crippen molar-refractivity contribution in [3.05, 3.63) is 54.1 Å². The normalized spacial score (nSPS) is 12.7. The number of nitrogens with one attached hydrogen (secondary N) is 1. The Balaban J connectivity index is 1.94. The van der Waals surface area contributed by atoms with E-state index in [4.69, 9.17) is 0 Å². The van der Waals surface area contributed by atoms with Crippen LogP contribution in [0.4, 0.5) is 0 Å². The maximum absolute atomic E-state index is 4.49. The maximum Gasteiger partial charge on any atom is 0.0934 e. The fraction of sp³-hybridized carbons (Fsp3) is 0.312. The molecule has 0 saturated carbocycles. The van der Waals surface area contributed by atoms with Gasteiger partial charge in [-0.2, -0.15) is 5.10 Å². The first-order valence-corrected chi connectivity index (χ1v) is 7.20. The molecule has 21 heavy (non-hydrogen) atoms. The Morgan fingerprint density at radius 1 is 1.24 bits per heavy atom. The molecule has 1 aromatic carbocycles. The van der Waals surface area contributed by atoms with Crippen molar-refractivity contribution in [2.45, 2.75) is 25.9 Å². The van der Waals surface area contributed by atoms with Gasteiger partial charge in [-0.05, 0) is 37.6 Å². The molecule has 0 aliphatic heterocycles. The van der Waals surface area contributed by atoms with Gasteiger partial charge in [0.1, 0.15) is 0 Å². The van der Waals surface area contributed by atoms with Crippen molar-refractivity contribution >= 4 is 11.0 Å². The third kappa shape index (κ3) is 2.78. The molecule has 5 nitrogen and oxygen atoms in total. The highest BCUT2D eigenvalue weighted by atomic mass is 15.3. The van der Waals surface area contributed by atoms with Crippen molar-refractivity contribution in [2.24, 2.45) is 0 Å². The fourth-order valence-electron chi connectivity index (χ4n) is 2.58. The monoisotopic (exact) mass is 281 g/mol. The molecular weight excluding hydrogens is 262 g/mol. The van der Waals surface area contributed by atoms with E-state index < -0.39 is 0 Å². The van der Waals surface area contributed by atoms with Crippen LogP contribution in [0.15, 0.2) is 43.0 Å². The first-order valence-electron chi connectivity index (χ1n) is 7.20. The highest BCUT2D eigenvalue weighted by molar-refractivity contribution is 5.78. The van der Waals surface area contributed by atoms with E-state index in [1.165, 1.54) is 11.1 Å². The Morgan fingerprint density at radius 3 is 2.86 bits per heavy atom. The largest absolute Gasteiger partial charge is 0.313 e. The lowest BCUT2D eigenvalue weighted by molar-refractivity contribution is 0.594. The van der Waals surface area contributed by atoms with Gasteiger partial charge in [0.25, 0.3) is 0 Å². The number of hydrogen-bond acceptors (Lipinski definition) is 4. The van der Waals surface area contributed by atoms with E-state index in [-0.39, 0.29) is 6.04 Å². The zero-order valence-corrected chi connectivity index (χ0v) is 12.3. The van der Waals surface area contributed by atoms with Crippen LogP contribution in [-0.4, -0.2) is 26.8 Å². The van der Waals surface area contributed by atoms with Crippen molar-refractivity contribution < 1.29 is 0 Å². The van der Waals surface area contributed by atoms with Crippen LogP contribution in [0.5, 0.6) is 0 Å². The second-order valence-electron chi connectivity index (χ2n) is 5.02. The van der Waals surface area contributed by atoms with Gasteiger partial charge in [0.2, 0.25) is 0 Å². The van der Waals surface area contributed by atoms with E-state index in [2.05, 4.69) is 39.6 Å². The van der Waals surface area contributed by atoms with Gasteiger partial charge in [-0.1, -0.05) is 12.1 Å². The maximum atomic E-state index is 4.49. The van der Waals surface area contributed by atoms with Crippen LogP contribution in [0.25, 0.3) is 11.0 Å². The Hall–Kier alpha value is -2.27. The number of aromatic nitrogens is 4. The second-order valence-corrected chi connectivity index (χ2v) is 5.02. The lowest BCUT2D eigenvalue weighted by Crippen LogP contribution is -2.19. The van der Waals surface area contributed by atoms with Crippen molar-refractivity contribution in [3.63, 3.8) is 0 Å². The molecule has 1 atom stereocenters. The molecule has 0 amide bonds. The minimum absolute atomic E-state index is 0.194. The van der Waals surface area contributed by atoms with Crippen molar-refractivity contribution in [1.29, 1.82) is 0 Å². The zero-order chi connectivity index (χ0) is 14.7. The number of likely N-dealkylation sites (N-methyl/N-ethyl adjacent to an activating group) is 1. The SMILES string of the molecule is CCn1cc(CC(NC)c2cccc3nccnc23)cn1. The highest BCUT2D eigenvalue weighted by Crippen LogP contribution is 2.24. The van der Waals surface area contributed by atoms with Crippen molar-refractivity contribution in [3.8, 4) is 0 Å². The summed E-state index contributed by atoms with van der Waals surface area (Å²) in [5.41, 5.74) is 4.28. The van der Waals surface area contributed by atoms with Gasteiger partial charge in [-0.3, -0.25) is 14.6 Å². The van der Waals surface area contributed by atoms with Gasteiger partial charge in [0.15, 0.2) is 0 Å². The van der Waals surface area contributed by atoms with E-state index in [0.717, 1.165) is 24.0 Å². The Bertz CT molecular complexity index is 729. The molecule has 0 bridgehead atoms. The average Bonchev–Trinajstić information content (AvgIpc) is 3.00. The fourth-order valence-corrected chi connectivity index (χ4v) is 2.58. The summed E-state index contributed by atoms with van der Waals surface area (Å²) in [6, 6.07) is 6.34. The van der Waals surface area contributed by atoms with Gasteiger partial charge in [-0.25, -0.2) is 0 Å². The number of hydrogen-bond donors (Lipinski definition) is 1. The summed E-state index contributed by atoms with van der Waals surface area (Å²) >= 11 is 0. The third-order valence-electron chi connectivity index (χ3n) is 3.70. The highest BCUT2D eigenvalue weighted by Gasteiger charge is 2.15. The molecule has 3 rings (SSSR count). The number of rotatable bonds is 5. The molecule has 0 aliphatic carbocycles. The lowest BCUT2D eigenvalue weighted by atomic mass is 9.99. The molecule has 108 valence electrons. The first-order chi connectivity index (χ1) is 10.3. The second kappa shape index (κ2) is 6.01. The van der Waals surface area contributed by atoms with Crippen LogP contribution >= 0.6 is 0 Å². The van der Waals surface area contributed by atoms with Gasteiger partial charge < -0.3 is 5.32 Å². The summed E-state index contributed by atoms with van der Waals surface area (Å²) in [6.45, 7) is 2.98. The predicted octanol–water partition coefficient (Wildman–Crippen LogP) is 2.35. The third-order valence-corrected chi connectivity index (χ3v) is 3.70. The molecule has 1 unspecified atom stereocenters. The molecule has 3 aromatic rings. The summed E-state index contributed by atoms with van der Waals surface area (Å²) in [7, 11) is 1.98. The molecule has 0 spiro atoms. The lowest BCUT2D eigenvalue weighted by Gasteiger charge is -2.17. The summed E-state index contributed by atoms with van der Waals surface area (Å²) < 4.78 is 1.95. The molecule has 0 radical (unpaired) electrons. The molecular formula is C16H19N5.